The van der Waals surface area contributed by atoms with Gasteiger partial charge in [0.15, 0.2) is 6.10 Å². The van der Waals surface area contributed by atoms with Crippen LogP contribution in [-0.4, -0.2) is 44.7 Å². The molecule has 30 heavy (non-hydrogen) atoms. The molecule has 0 aromatic heterocycles. The molecule has 0 radical (unpaired) electrons. The number of hydrogen-bond donors (Lipinski definition) is 2. The van der Waals surface area contributed by atoms with Crippen molar-refractivity contribution in [3.63, 3.8) is 0 Å². The van der Waals surface area contributed by atoms with Crippen LogP contribution in [0.5, 0.6) is 11.5 Å². The fourth-order valence-electron chi connectivity index (χ4n) is 2.59. The molecule has 160 valence electrons. The molecular weight excluding hydrogens is 388 g/mol. The molecule has 8 nitrogen and oxygen atoms in total. The zero-order valence-electron chi connectivity index (χ0n) is 17.3. The Hall–Kier alpha value is -3.55. The van der Waals surface area contributed by atoms with Gasteiger partial charge in [-0.3, -0.25) is 14.4 Å². The summed E-state index contributed by atoms with van der Waals surface area (Å²) >= 11 is 0. The van der Waals surface area contributed by atoms with Gasteiger partial charge >= 0.3 is 5.97 Å². The zero-order valence-corrected chi connectivity index (χ0v) is 17.3. The van der Waals surface area contributed by atoms with E-state index in [-0.39, 0.29) is 18.9 Å². The third-order valence-corrected chi connectivity index (χ3v) is 4.27. The van der Waals surface area contributed by atoms with Gasteiger partial charge in [-0.1, -0.05) is 24.3 Å². The van der Waals surface area contributed by atoms with E-state index in [1.54, 1.807) is 43.5 Å². The van der Waals surface area contributed by atoms with Gasteiger partial charge in [0.2, 0.25) is 0 Å². The third kappa shape index (κ3) is 6.80. The van der Waals surface area contributed by atoms with E-state index in [0.717, 1.165) is 11.3 Å². The van der Waals surface area contributed by atoms with Crippen LogP contribution in [0, 0.1) is 0 Å². The minimum atomic E-state index is -0.944. The maximum absolute atomic E-state index is 12.2. The van der Waals surface area contributed by atoms with Crippen LogP contribution < -0.4 is 20.1 Å². The third-order valence-electron chi connectivity index (χ3n) is 4.27. The molecule has 0 saturated heterocycles. The Balaban J connectivity index is 1.71. The van der Waals surface area contributed by atoms with E-state index in [1.165, 1.54) is 14.0 Å². The van der Waals surface area contributed by atoms with Crippen molar-refractivity contribution < 1.29 is 28.6 Å². The van der Waals surface area contributed by atoms with Gasteiger partial charge in [-0.15, -0.1) is 0 Å². The molecule has 0 aliphatic rings. The van der Waals surface area contributed by atoms with Crippen molar-refractivity contribution in [2.24, 2.45) is 0 Å². The molecule has 0 bridgehead atoms. The van der Waals surface area contributed by atoms with Crippen LogP contribution in [-0.2, 0) is 20.9 Å². The van der Waals surface area contributed by atoms with Crippen molar-refractivity contribution in [3.05, 3.63) is 59.7 Å². The maximum Gasteiger partial charge on any atom is 0.308 e. The minimum Gasteiger partial charge on any atom is -0.497 e. The van der Waals surface area contributed by atoms with E-state index in [0.29, 0.717) is 17.9 Å². The number of para-hydroxylation sites is 1. The Morgan fingerprint density at radius 2 is 1.63 bits per heavy atom. The van der Waals surface area contributed by atoms with Crippen LogP contribution in [0.4, 0.5) is 0 Å². The molecule has 2 N–H and O–H groups in total. The lowest BCUT2D eigenvalue weighted by molar-refractivity contribution is -0.154. The summed E-state index contributed by atoms with van der Waals surface area (Å²) in [5, 5.41) is 5.34. The number of ether oxygens (including phenoxy) is 3. The van der Waals surface area contributed by atoms with Crippen LogP contribution in [0.3, 0.4) is 0 Å². The molecule has 0 saturated carbocycles. The fraction of sp³-hybridized carbons (Fsp3) is 0.318. The number of methoxy groups -OCH3 is 2. The van der Waals surface area contributed by atoms with Gasteiger partial charge < -0.3 is 24.8 Å². The van der Waals surface area contributed by atoms with Crippen LogP contribution >= 0.6 is 0 Å². The normalized spacial score (nSPS) is 11.2. The van der Waals surface area contributed by atoms with Crippen molar-refractivity contribution in [1.29, 1.82) is 0 Å². The summed E-state index contributed by atoms with van der Waals surface area (Å²) in [6.07, 6.45) is -1.00. The Kier molecular flexibility index (Phi) is 8.68. The van der Waals surface area contributed by atoms with Gasteiger partial charge in [-0.25, -0.2) is 0 Å². The lowest BCUT2D eigenvalue weighted by Gasteiger charge is -2.14. The highest BCUT2D eigenvalue weighted by molar-refractivity contribution is 5.97. The Bertz CT molecular complexity index is 866. The van der Waals surface area contributed by atoms with E-state index < -0.39 is 18.0 Å². The number of carbonyl (C=O) groups excluding carboxylic acids is 3. The molecule has 0 fully saturated rings. The van der Waals surface area contributed by atoms with Gasteiger partial charge in [0.05, 0.1) is 26.2 Å². The van der Waals surface area contributed by atoms with E-state index in [2.05, 4.69) is 10.6 Å². The van der Waals surface area contributed by atoms with E-state index in [9.17, 15) is 14.4 Å². The second-order valence-electron chi connectivity index (χ2n) is 6.40. The van der Waals surface area contributed by atoms with Crippen molar-refractivity contribution in [1.82, 2.24) is 10.6 Å². The summed E-state index contributed by atoms with van der Waals surface area (Å²) in [4.78, 5) is 36.2. The van der Waals surface area contributed by atoms with Gasteiger partial charge in [-0.2, -0.15) is 0 Å². The number of carbonyl (C=O) groups is 3. The molecule has 0 unspecified atom stereocenters. The first-order chi connectivity index (χ1) is 14.4. The van der Waals surface area contributed by atoms with Crippen molar-refractivity contribution in [2.45, 2.75) is 26.0 Å². The van der Waals surface area contributed by atoms with Gasteiger partial charge in [0.1, 0.15) is 11.5 Å². The van der Waals surface area contributed by atoms with Gasteiger partial charge in [0, 0.05) is 13.1 Å². The number of nitrogens with one attached hydrogen (secondary N) is 2. The molecule has 0 aliphatic heterocycles. The molecule has 8 heteroatoms. The first kappa shape index (κ1) is 22.7. The lowest BCUT2D eigenvalue weighted by Crippen LogP contribution is -2.36. The SMILES string of the molecule is COc1ccc(CNC(=O)[C@@H](C)OC(=O)CCNC(=O)c2ccccc2OC)cc1. The van der Waals surface area contributed by atoms with Crippen LogP contribution in [0.2, 0.25) is 0 Å². The quantitative estimate of drug-likeness (QED) is 0.577. The number of amides is 2. The molecular formula is C22H26N2O6. The molecule has 2 aromatic carbocycles. The molecule has 0 spiro atoms. The molecule has 1 atom stereocenters. The lowest BCUT2D eigenvalue weighted by atomic mass is 10.2. The van der Waals surface area contributed by atoms with Crippen LogP contribution in [0.1, 0.15) is 29.3 Å². The van der Waals surface area contributed by atoms with Gasteiger partial charge in [-0.05, 0) is 36.8 Å². The Morgan fingerprint density at radius 3 is 2.30 bits per heavy atom. The topological polar surface area (TPSA) is 103 Å². The molecule has 2 rings (SSSR count). The van der Waals surface area contributed by atoms with E-state index in [1.807, 2.05) is 12.1 Å². The highest BCUT2D eigenvalue weighted by Crippen LogP contribution is 2.16. The van der Waals surface area contributed by atoms with Crippen molar-refractivity contribution in [3.8, 4) is 11.5 Å². The van der Waals surface area contributed by atoms with Crippen molar-refractivity contribution >= 4 is 17.8 Å². The molecule has 2 aromatic rings. The number of benzene rings is 2. The molecule has 0 heterocycles. The highest BCUT2D eigenvalue weighted by atomic mass is 16.5. The predicted octanol–water partition coefficient (Wildman–Crippen LogP) is 2.07. The molecule has 0 aliphatic carbocycles. The second kappa shape index (κ2) is 11.5. The monoisotopic (exact) mass is 414 g/mol. The first-order valence-corrected chi connectivity index (χ1v) is 9.46. The summed E-state index contributed by atoms with van der Waals surface area (Å²) in [5.74, 6) is -0.171. The van der Waals surface area contributed by atoms with E-state index >= 15 is 0 Å². The summed E-state index contributed by atoms with van der Waals surface area (Å²) < 4.78 is 15.3. The maximum atomic E-state index is 12.2. The highest BCUT2D eigenvalue weighted by Gasteiger charge is 2.18. The Morgan fingerprint density at radius 1 is 0.933 bits per heavy atom. The molecule has 2 amide bonds. The van der Waals surface area contributed by atoms with Gasteiger partial charge in [0.25, 0.3) is 11.8 Å². The Labute approximate surface area is 175 Å². The summed E-state index contributed by atoms with van der Waals surface area (Å²) in [6, 6.07) is 14.0. The van der Waals surface area contributed by atoms with Crippen LogP contribution in [0.15, 0.2) is 48.5 Å². The van der Waals surface area contributed by atoms with Crippen LogP contribution in [0.25, 0.3) is 0 Å². The first-order valence-electron chi connectivity index (χ1n) is 9.46. The van der Waals surface area contributed by atoms with Crippen molar-refractivity contribution in [2.75, 3.05) is 20.8 Å². The number of esters is 1. The number of hydrogen-bond acceptors (Lipinski definition) is 6. The average Bonchev–Trinajstić information content (AvgIpc) is 2.77. The standard InChI is InChI=1S/C22H26N2O6/c1-15(21(26)24-14-16-8-10-17(28-2)11-9-16)30-20(25)12-13-23-22(27)18-6-4-5-7-19(18)29-3/h4-11,15H,12-14H2,1-3H3,(H,23,27)(H,24,26)/t15-/m1/s1. The minimum absolute atomic E-state index is 0.0585. The average molecular weight is 414 g/mol. The number of rotatable bonds is 10. The second-order valence-corrected chi connectivity index (χ2v) is 6.40. The summed E-state index contributed by atoms with van der Waals surface area (Å²) in [7, 11) is 3.06. The van der Waals surface area contributed by atoms with E-state index in [4.69, 9.17) is 14.2 Å². The predicted molar refractivity (Wildman–Crippen MR) is 110 cm³/mol. The summed E-state index contributed by atoms with van der Waals surface area (Å²) in [6.45, 7) is 1.88. The largest absolute Gasteiger partial charge is 0.497 e. The summed E-state index contributed by atoms with van der Waals surface area (Å²) in [5.41, 5.74) is 1.27. The zero-order chi connectivity index (χ0) is 21.9. The smallest absolute Gasteiger partial charge is 0.308 e. The fourth-order valence-corrected chi connectivity index (χ4v) is 2.59.